The number of aromatic nitrogens is 4. The molecule has 8 rings (SSSR count). The smallest absolute Gasteiger partial charge is 0.123 e. The van der Waals surface area contributed by atoms with Crippen LogP contribution in [0, 0.1) is 28.4 Å². The lowest BCUT2D eigenvalue weighted by molar-refractivity contribution is -0.114. The van der Waals surface area contributed by atoms with Crippen molar-refractivity contribution in [3.05, 3.63) is 118 Å². The number of hydrogen-bond donors (Lipinski definition) is 0. The van der Waals surface area contributed by atoms with Crippen LogP contribution in [0.15, 0.2) is 83.7 Å². The fourth-order valence-electron chi connectivity index (χ4n) is 8.25. The van der Waals surface area contributed by atoms with Gasteiger partial charge < -0.3 is 4.79 Å². The number of nitrogens with zero attached hydrogens (tertiary/aromatic N) is 4. The Morgan fingerprint density at radius 3 is 1.83 bits per heavy atom. The number of carbonyl (C=O) groups excluding carboxylic acids is 1. The Kier molecular flexibility index (Phi) is 10.5. The van der Waals surface area contributed by atoms with Crippen LogP contribution in [0.2, 0.25) is 0 Å². The fourth-order valence-corrected chi connectivity index (χ4v) is 8.25. The Labute approximate surface area is 300 Å². The van der Waals surface area contributed by atoms with E-state index in [1.165, 1.54) is 53.8 Å². The van der Waals surface area contributed by atoms with E-state index in [9.17, 15) is 13.6 Å². The van der Waals surface area contributed by atoms with Crippen molar-refractivity contribution < 1.29 is 13.6 Å². The van der Waals surface area contributed by atoms with Crippen LogP contribution in [-0.2, 0) is 17.6 Å². The highest BCUT2D eigenvalue weighted by Crippen LogP contribution is 2.51. The lowest BCUT2D eigenvalue weighted by Crippen LogP contribution is -2.37. The van der Waals surface area contributed by atoms with E-state index in [2.05, 4.69) is 49.2 Å². The summed E-state index contributed by atoms with van der Waals surface area (Å²) in [6, 6.07) is 12.9. The Morgan fingerprint density at radius 1 is 0.771 bits per heavy atom. The molecule has 3 atom stereocenters. The summed E-state index contributed by atoms with van der Waals surface area (Å²) < 4.78 is 30.1. The van der Waals surface area contributed by atoms with E-state index in [1.807, 2.05) is 21.8 Å². The van der Waals surface area contributed by atoms with E-state index in [-0.39, 0.29) is 60.8 Å². The number of rotatable bonds is 3. The third-order valence-electron chi connectivity index (χ3n) is 11.0. The Morgan fingerprint density at radius 2 is 1.29 bits per heavy atom. The van der Waals surface area contributed by atoms with Gasteiger partial charge in [0, 0.05) is 25.2 Å². The molecule has 2 aromatic carbocycles. The quantitative estimate of drug-likeness (QED) is 0.0907. The molecule has 48 heavy (non-hydrogen) atoms. The molecule has 2 saturated carbocycles. The molecule has 0 amide bonds. The summed E-state index contributed by atoms with van der Waals surface area (Å²) >= 11 is 0. The minimum atomic E-state index is -0.248. The second kappa shape index (κ2) is 14.1. The highest BCUT2D eigenvalue weighted by molar-refractivity contribution is 14.0. The Hall–Kier alpha value is -3.60. The van der Waals surface area contributed by atoms with Crippen molar-refractivity contribution in [1.82, 2.24) is 19.6 Å². The predicted molar refractivity (Wildman–Crippen MR) is 199 cm³/mol. The minimum absolute atomic E-state index is 0. The van der Waals surface area contributed by atoms with Crippen LogP contribution in [0.3, 0.4) is 0 Å². The number of aldehydes is 1. The second-order valence-corrected chi connectivity index (χ2v) is 13.6. The molecule has 247 valence electrons. The van der Waals surface area contributed by atoms with Gasteiger partial charge in [-0.1, -0.05) is 36.6 Å². The topological polar surface area (TPSA) is 52.7 Å². The third-order valence-corrected chi connectivity index (χ3v) is 11.0. The summed E-state index contributed by atoms with van der Waals surface area (Å²) in [5.74, 6) is -0.377. The lowest BCUT2D eigenvalue weighted by Gasteiger charge is -2.43. The van der Waals surface area contributed by atoms with Crippen LogP contribution in [0.4, 0.5) is 8.78 Å². The molecule has 9 heteroatoms. The Balaban J connectivity index is 0.000000180. The van der Waals surface area contributed by atoms with Crippen molar-refractivity contribution in [3.63, 3.8) is 0 Å². The molecule has 2 aromatic heterocycles. The van der Waals surface area contributed by atoms with Crippen LogP contribution in [-0.4, -0.2) is 34.3 Å². The zero-order chi connectivity index (χ0) is 32.1. The van der Waals surface area contributed by atoms with Crippen molar-refractivity contribution in [3.8, 4) is 11.4 Å². The van der Waals surface area contributed by atoms with Gasteiger partial charge in [0.05, 0.1) is 35.2 Å². The van der Waals surface area contributed by atoms with Gasteiger partial charge in [-0.25, -0.2) is 18.1 Å². The first-order valence-electron chi connectivity index (χ1n) is 16.4. The van der Waals surface area contributed by atoms with E-state index in [0.717, 1.165) is 73.1 Å². The van der Waals surface area contributed by atoms with Gasteiger partial charge in [-0.15, -0.1) is 24.0 Å². The average Bonchev–Trinajstić information content (AvgIpc) is 3.65. The van der Waals surface area contributed by atoms with E-state index >= 15 is 0 Å². The van der Waals surface area contributed by atoms with Crippen LogP contribution >= 0.6 is 24.0 Å². The molecule has 0 bridgehead atoms. The van der Waals surface area contributed by atoms with Crippen LogP contribution < -0.4 is 0 Å². The monoisotopic (exact) mass is 757 g/mol. The number of halogens is 3. The molecule has 4 aliphatic rings. The Bertz CT molecular complexity index is 1890. The molecule has 5 nitrogen and oxygen atoms in total. The summed E-state index contributed by atoms with van der Waals surface area (Å²) in [5.41, 5.74) is 10.9. The van der Waals surface area contributed by atoms with Gasteiger partial charge in [-0.05, 0) is 130 Å². The summed E-state index contributed by atoms with van der Waals surface area (Å²) in [6.45, 7) is 6.72. The maximum absolute atomic E-state index is 13.2. The summed E-state index contributed by atoms with van der Waals surface area (Å²) in [5, 5.41) is 9.07. The first-order chi connectivity index (χ1) is 22.2. The normalized spacial score (nSPS) is 24.5. The minimum Gasteiger partial charge on any atom is -0.303 e. The van der Waals surface area contributed by atoms with Crippen LogP contribution in [0.5, 0.6) is 0 Å². The summed E-state index contributed by atoms with van der Waals surface area (Å²) in [6.07, 6.45) is 20.3. The zero-order valence-corrected chi connectivity index (χ0v) is 30.1. The molecule has 2 fully saturated rings. The second-order valence-electron chi connectivity index (χ2n) is 13.6. The lowest BCUT2D eigenvalue weighted by atomic mass is 9.60. The summed E-state index contributed by atoms with van der Waals surface area (Å²) in [7, 11) is 0. The van der Waals surface area contributed by atoms with Gasteiger partial charge in [-0.2, -0.15) is 10.2 Å². The largest absolute Gasteiger partial charge is 0.303 e. The predicted octanol–water partition coefficient (Wildman–Crippen LogP) is 9.28. The standard InChI is InChI=1S/C20H21FN2.C19H19FN2O.B.HI/c1-3-15-5-4-6-16-11-19-14(12-20(15,16)2)13-22-23(19)18-9-7-17(21)8-10-18;1-19-10-13-11-21-22(17-7-5-16(20)6-8-17)18(13)9-14(19)3-2-4-15(19)12-23;;/h3,7-11,13H,4-6,12H2,1-2H3;5-9,11-12,15H,2-4,10H2,1H3;;1H/b15-3+;;;/t;15-,19+;;/m.1../s1. The molecule has 3 radical (unpaired) electrons. The van der Waals surface area contributed by atoms with E-state index in [4.69, 9.17) is 0 Å². The first kappa shape index (κ1) is 35.7. The van der Waals surface area contributed by atoms with Gasteiger partial charge in [-0.3, -0.25) is 0 Å². The van der Waals surface area contributed by atoms with Gasteiger partial charge >= 0.3 is 0 Å². The SMILES string of the molecule is C/C=C1\CCCC2=Cc3c(cnn3-c3ccc(F)cc3)CC21C.C[C@]12Cc3cnn(-c4ccc(F)cc4)c3C=C1CCC[C@@H]2C=O.I.[B]. The highest BCUT2D eigenvalue weighted by atomic mass is 127. The first-order valence-corrected chi connectivity index (χ1v) is 16.4. The molecule has 0 aliphatic heterocycles. The van der Waals surface area contributed by atoms with Gasteiger partial charge in [0.2, 0.25) is 0 Å². The summed E-state index contributed by atoms with van der Waals surface area (Å²) in [4.78, 5) is 11.5. The highest BCUT2D eigenvalue weighted by Gasteiger charge is 2.43. The average molecular weight is 757 g/mol. The van der Waals surface area contributed by atoms with Crippen molar-refractivity contribution in [1.29, 1.82) is 0 Å². The van der Waals surface area contributed by atoms with E-state index < -0.39 is 0 Å². The molecule has 0 N–H and O–H groups in total. The zero-order valence-electron chi connectivity index (χ0n) is 27.8. The maximum Gasteiger partial charge on any atom is 0.123 e. The van der Waals surface area contributed by atoms with Crippen molar-refractivity contribution in [2.24, 2.45) is 16.7 Å². The van der Waals surface area contributed by atoms with Crippen molar-refractivity contribution >= 4 is 50.8 Å². The van der Waals surface area contributed by atoms with Gasteiger partial charge in [0.15, 0.2) is 0 Å². The molecular formula is C39H41BF2IN4O. The number of benzene rings is 2. The van der Waals surface area contributed by atoms with Crippen molar-refractivity contribution in [2.75, 3.05) is 0 Å². The third kappa shape index (κ3) is 6.19. The molecule has 2 heterocycles. The molecule has 0 saturated heterocycles. The number of hydrogen-bond acceptors (Lipinski definition) is 3. The van der Waals surface area contributed by atoms with E-state index in [0.29, 0.717) is 0 Å². The van der Waals surface area contributed by atoms with E-state index in [1.54, 1.807) is 29.8 Å². The van der Waals surface area contributed by atoms with Gasteiger partial charge in [0.1, 0.15) is 17.9 Å². The van der Waals surface area contributed by atoms with Crippen molar-refractivity contribution in [2.45, 2.75) is 72.1 Å². The molecule has 1 unspecified atom stereocenters. The van der Waals surface area contributed by atoms with Gasteiger partial charge in [0.25, 0.3) is 0 Å². The van der Waals surface area contributed by atoms with Crippen LogP contribution in [0.25, 0.3) is 23.5 Å². The number of fused-ring (bicyclic) bond motifs is 4. The molecule has 4 aromatic rings. The van der Waals surface area contributed by atoms with Crippen LogP contribution in [0.1, 0.15) is 81.8 Å². The number of allylic oxidation sites excluding steroid dienone is 4. The molecule has 4 aliphatic carbocycles. The fraction of sp³-hybridized carbons (Fsp3) is 0.359. The molecule has 0 spiro atoms. The maximum atomic E-state index is 13.2. The number of carbonyl (C=O) groups is 1. The molecular weight excluding hydrogens is 716 g/mol.